The molecule has 4 aromatic carbocycles. The minimum atomic E-state index is -0.889. The quantitative estimate of drug-likeness (QED) is 0.0366. The fourth-order valence-electron chi connectivity index (χ4n) is 8.74. The highest BCUT2D eigenvalue weighted by Crippen LogP contribution is 2.42. The molecule has 1 aliphatic heterocycles. The van der Waals surface area contributed by atoms with Crippen molar-refractivity contribution in [1.29, 1.82) is 0 Å². The van der Waals surface area contributed by atoms with E-state index in [-0.39, 0.29) is 60.4 Å². The van der Waals surface area contributed by atoms with Gasteiger partial charge in [-0.05, 0) is 129 Å². The molecule has 7 rings (SSSR count). The topological polar surface area (TPSA) is 182 Å². The first kappa shape index (κ1) is 50.7. The molecule has 2 aromatic heterocycles. The van der Waals surface area contributed by atoms with Crippen LogP contribution in [-0.2, 0) is 14.4 Å². The molecule has 1 fully saturated rings. The van der Waals surface area contributed by atoms with Crippen molar-refractivity contribution in [1.82, 2.24) is 25.4 Å². The number of aromatic hydroxyl groups is 2. The Balaban J connectivity index is 0.849. The third-order valence-corrected chi connectivity index (χ3v) is 14.9. The molecule has 13 nitrogen and oxygen atoms in total. The second-order valence-electron chi connectivity index (χ2n) is 18.9. The highest BCUT2D eigenvalue weighted by Gasteiger charge is 2.44. The van der Waals surface area contributed by atoms with E-state index in [9.17, 15) is 34.5 Å². The minimum absolute atomic E-state index is 0.00897. The van der Waals surface area contributed by atoms with E-state index in [1.54, 1.807) is 78.1 Å². The predicted octanol–water partition coefficient (Wildman–Crippen LogP) is 9.27. The maximum atomic E-state index is 14.2. The van der Waals surface area contributed by atoms with Gasteiger partial charge in [-0.3, -0.25) is 19.2 Å². The number of rotatable bonds is 20. The number of phenolic OH excluding ortho intramolecular Hbond substituents is 2. The van der Waals surface area contributed by atoms with Crippen LogP contribution in [0.25, 0.3) is 31.0 Å². The lowest BCUT2D eigenvalue weighted by molar-refractivity contribution is -0.144. The number of hydrogen-bond acceptors (Lipinski definition) is 12. The Morgan fingerprint density at radius 2 is 1.55 bits per heavy atom. The number of phenols is 2. The van der Waals surface area contributed by atoms with Crippen LogP contribution in [0.2, 0.25) is 0 Å². The summed E-state index contributed by atoms with van der Waals surface area (Å²) in [6.07, 6.45) is 1.84. The Morgan fingerprint density at radius 1 is 0.870 bits per heavy atom. The van der Waals surface area contributed by atoms with Crippen molar-refractivity contribution < 1.29 is 39.2 Å². The molecule has 0 aliphatic carbocycles. The van der Waals surface area contributed by atoms with E-state index >= 15 is 0 Å². The number of carbonyl (C=O) groups is 4. The predicted molar refractivity (Wildman–Crippen MR) is 273 cm³/mol. The SMILES string of the molecule is CCN(CCCCCC(=O)NC(C(=O)N1C[C@H](O)C[C@H]1C(=O)N[C@@H](C)c1ccc(-c2scnc2C)cc1)C(C)(C)C)CCOc1ccc(C(=O)c2c(-c3ccc(O)cc3)sc3cc(O)ccc23)cc1. The molecular weight excluding hydrogens is 911 g/mol. The highest BCUT2D eigenvalue weighted by atomic mass is 32.1. The van der Waals surface area contributed by atoms with Gasteiger partial charge in [0.15, 0.2) is 5.78 Å². The molecule has 1 unspecified atom stereocenters. The van der Waals surface area contributed by atoms with Crippen molar-refractivity contribution in [2.75, 3.05) is 32.8 Å². The number of nitrogens with zero attached hydrogens (tertiary/aromatic N) is 3. The summed E-state index contributed by atoms with van der Waals surface area (Å²) in [4.78, 5) is 65.1. The summed E-state index contributed by atoms with van der Waals surface area (Å²) >= 11 is 3.00. The normalized spacial score (nSPS) is 15.9. The van der Waals surface area contributed by atoms with Crippen molar-refractivity contribution in [2.45, 2.75) is 97.9 Å². The van der Waals surface area contributed by atoms with Crippen LogP contribution in [0, 0.1) is 12.3 Å². The number of ketones is 1. The maximum Gasteiger partial charge on any atom is 0.246 e. The van der Waals surface area contributed by atoms with Crippen molar-refractivity contribution in [3.63, 3.8) is 0 Å². The van der Waals surface area contributed by atoms with Crippen LogP contribution in [0.3, 0.4) is 0 Å². The number of likely N-dealkylation sites (N-methyl/N-ethyl adjacent to an activating group) is 1. The zero-order chi connectivity index (χ0) is 49.4. The van der Waals surface area contributed by atoms with Crippen LogP contribution >= 0.6 is 22.7 Å². The van der Waals surface area contributed by atoms with Crippen LogP contribution < -0.4 is 15.4 Å². The molecule has 5 N–H and O–H groups in total. The average molecular weight is 974 g/mol. The van der Waals surface area contributed by atoms with E-state index < -0.39 is 23.6 Å². The molecule has 0 spiro atoms. The maximum absolute atomic E-state index is 14.2. The van der Waals surface area contributed by atoms with Crippen LogP contribution in [-0.4, -0.2) is 105 Å². The Hall–Kier alpha value is -6.13. The lowest BCUT2D eigenvalue weighted by Crippen LogP contribution is -2.57. The van der Waals surface area contributed by atoms with Gasteiger partial charge in [-0.1, -0.05) is 58.4 Å². The van der Waals surface area contributed by atoms with Gasteiger partial charge in [0.2, 0.25) is 17.7 Å². The molecule has 6 aromatic rings. The largest absolute Gasteiger partial charge is 0.508 e. The third-order valence-electron chi connectivity index (χ3n) is 12.7. The molecule has 364 valence electrons. The van der Waals surface area contributed by atoms with Crippen molar-refractivity contribution >= 4 is 56.3 Å². The van der Waals surface area contributed by atoms with E-state index in [2.05, 4.69) is 27.4 Å². The number of aliphatic hydroxyl groups excluding tert-OH is 1. The summed E-state index contributed by atoms with van der Waals surface area (Å²) in [6, 6.07) is 24.7. The van der Waals surface area contributed by atoms with E-state index in [0.29, 0.717) is 36.4 Å². The summed E-state index contributed by atoms with van der Waals surface area (Å²) < 4.78 is 6.87. The summed E-state index contributed by atoms with van der Waals surface area (Å²) in [7, 11) is 0. The van der Waals surface area contributed by atoms with Gasteiger partial charge in [0.25, 0.3) is 0 Å². The zero-order valence-electron chi connectivity index (χ0n) is 40.2. The number of thiazole rings is 1. The molecule has 69 heavy (non-hydrogen) atoms. The Labute approximate surface area is 412 Å². The molecule has 0 radical (unpaired) electrons. The van der Waals surface area contributed by atoms with Crippen LogP contribution in [0.15, 0.2) is 96.5 Å². The van der Waals surface area contributed by atoms with E-state index in [4.69, 9.17) is 4.74 Å². The molecule has 15 heteroatoms. The monoisotopic (exact) mass is 973 g/mol. The number of hydrogen-bond donors (Lipinski definition) is 5. The number of aliphatic hydroxyl groups is 1. The molecule has 0 bridgehead atoms. The molecule has 4 atom stereocenters. The summed E-state index contributed by atoms with van der Waals surface area (Å²) in [6.45, 7) is 14.4. The lowest BCUT2D eigenvalue weighted by Gasteiger charge is -2.35. The minimum Gasteiger partial charge on any atom is -0.508 e. The van der Waals surface area contributed by atoms with E-state index in [0.717, 1.165) is 68.2 Å². The van der Waals surface area contributed by atoms with Gasteiger partial charge >= 0.3 is 0 Å². The number of amides is 3. The van der Waals surface area contributed by atoms with Gasteiger partial charge in [-0.2, -0.15) is 0 Å². The first-order chi connectivity index (χ1) is 33.0. The number of carbonyl (C=O) groups excluding carboxylic acids is 4. The fourth-order valence-corrected chi connectivity index (χ4v) is 10.8. The highest BCUT2D eigenvalue weighted by molar-refractivity contribution is 7.22. The van der Waals surface area contributed by atoms with Crippen LogP contribution in [0.5, 0.6) is 17.2 Å². The number of thiophene rings is 1. The Morgan fingerprint density at radius 3 is 2.22 bits per heavy atom. The average Bonchev–Trinajstić information content (AvgIpc) is 4.05. The Kier molecular flexibility index (Phi) is 16.6. The summed E-state index contributed by atoms with van der Waals surface area (Å²) in [5.41, 5.74) is 5.94. The summed E-state index contributed by atoms with van der Waals surface area (Å²) in [5, 5.41) is 37.4. The molecule has 3 amide bonds. The van der Waals surface area contributed by atoms with E-state index in [1.165, 1.54) is 16.2 Å². The number of fused-ring (bicyclic) bond motifs is 1. The molecule has 0 saturated carbocycles. The second kappa shape index (κ2) is 22.5. The van der Waals surface area contributed by atoms with Crippen LogP contribution in [0.1, 0.15) is 99.9 Å². The van der Waals surface area contributed by atoms with Crippen molar-refractivity contribution in [3.05, 3.63) is 119 Å². The molecular formula is C54H63N5O8S2. The van der Waals surface area contributed by atoms with E-state index in [1.807, 2.05) is 64.4 Å². The standard InChI is InChI=1S/C54H63N5O8S2/c1-7-58(27-28-67-42-23-18-36(19-24-42)48(64)47-43-25-22-40(61)30-45(43)69-50(47)38-16-20-39(60)21-17-38)26-10-8-9-11-46(63)57-51(54(4,5)6)53(66)59-31-41(62)29-44(59)52(65)56-33(2)35-12-14-37(15-13-35)49-34(3)55-32-68-49/h12-25,30,32-33,41,44,51,60-62H,7-11,26-29,31H2,1-6H3,(H,56,65)(H,57,63)/t33-,41+,44-,51?/m0/s1. The summed E-state index contributed by atoms with van der Waals surface area (Å²) in [5.74, 6) is -0.210. The van der Waals surface area contributed by atoms with Gasteiger partial charge in [0.05, 0.1) is 28.2 Å². The first-order valence-electron chi connectivity index (χ1n) is 23.6. The van der Waals surface area contributed by atoms with Gasteiger partial charge in [0.1, 0.15) is 35.9 Å². The van der Waals surface area contributed by atoms with Crippen LogP contribution in [0.4, 0.5) is 0 Å². The lowest BCUT2D eigenvalue weighted by atomic mass is 9.85. The second-order valence-corrected chi connectivity index (χ2v) is 20.8. The van der Waals surface area contributed by atoms with Gasteiger partial charge in [-0.15, -0.1) is 22.7 Å². The van der Waals surface area contributed by atoms with Gasteiger partial charge < -0.3 is 40.5 Å². The number of likely N-dealkylation sites (tertiary alicyclic amines) is 1. The number of unbranched alkanes of at least 4 members (excludes halogenated alkanes) is 2. The molecule has 1 saturated heterocycles. The number of nitrogens with one attached hydrogen (secondary N) is 2. The number of aromatic nitrogens is 1. The zero-order valence-corrected chi connectivity index (χ0v) is 41.8. The van der Waals surface area contributed by atoms with Crippen molar-refractivity contribution in [2.24, 2.45) is 5.41 Å². The first-order valence-corrected chi connectivity index (χ1v) is 25.3. The third kappa shape index (κ3) is 12.6. The molecule has 3 heterocycles. The number of benzene rings is 4. The number of aryl methyl sites for hydroxylation is 1. The van der Waals surface area contributed by atoms with Gasteiger partial charge in [-0.25, -0.2) is 4.98 Å². The smallest absolute Gasteiger partial charge is 0.246 e. The van der Waals surface area contributed by atoms with Gasteiger partial charge in [0, 0.05) is 52.0 Å². The number of ether oxygens (including phenoxy) is 1. The fraction of sp³-hybridized carbons (Fsp3) is 0.389. The number of β-amino-alcohol motifs (C(OH)–C–C–N with tert-alkyl or cyclic N) is 1. The van der Waals surface area contributed by atoms with Crippen molar-refractivity contribution in [3.8, 4) is 38.1 Å². The Bertz CT molecular complexity index is 2730. The molecule has 1 aliphatic rings.